The molecule has 0 unspecified atom stereocenters. The first-order valence-electron chi connectivity index (χ1n) is 9.87. The van der Waals surface area contributed by atoms with Crippen molar-refractivity contribution in [2.75, 3.05) is 0 Å². The zero-order valence-corrected chi connectivity index (χ0v) is 17.6. The van der Waals surface area contributed by atoms with Crippen molar-refractivity contribution in [3.8, 4) is 11.1 Å². The number of nitrogens with zero attached hydrogens (tertiary/aromatic N) is 1. The maximum atomic E-state index is 13.5. The van der Waals surface area contributed by atoms with Gasteiger partial charge in [0.2, 0.25) is 0 Å². The lowest BCUT2D eigenvalue weighted by Gasteiger charge is -2.16. The number of aliphatic hydroxyl groups is 1. The third-order valence-corrected chi connectivity index (χ3v) is 4.88. The van der Waals surface area contributed by atoms with Gasteiger partial charge in [0, 0.05) is 35.0 Å². The molecule has 0 bridgehead atoms. The van der Waals surface area contributed by atoms with E-state index >= 15 is 0 Å². The van der Waals surface area contributed by atoms with E-state index in [0.29, 0.717) is 0 Å². The quantitative estimate of drug-likeness (QED) is 0.481. The molecule has 5 nitrogen and oxygen atoms in total. The first-order valence-corrected chi connectivity index (χ1v) is 9.87. The minimum Gasteiger partial charge on any atom is -0.481 e. The average molecular weight is 431 g/mol. The van der Waals surface area contributed by atoms with E-state index in [-0.39, 0.29) is 18.3 Å². The lowest BCUT2D eigenvalue weighted by molar-refractivity contribution is -0.192. The number of halogens is 2. The zero-order valence-electron chi connectivity index (χ0n) is 17.6. The van der Waals surface area contributed by atoms with Gasteiger partial charge in [0.25, 0.3) is 0 Å². The van der Waals surface area contributed by atoms with Crippen molar-refractivity contribution in [2.45, 2.75) is 44.9 Å². The van der Waals surface area contributed by atoms with Crippen LogP contribution in [0.2, 0.25) is 0 Å². The van der Waals surface area contributed by atoms with E-state index in [4.69, 9.17) is 5.11 Å². The Kier molecular flexibility index (Phi) is 8.47. The van der Waals surface area contributed by atoms with Gasteiger partial charge in [0.05, 0.1) is 12.5 Å². The number of aliphatic carboxylic acids is 1. The number of hydrogen-bond donors (Lipinski definition) is 2. The van der Waals surface area contributed by atoms with Crippen LogP contribution in [-0.2, 0) is 9.74 Å². The molecule has 0 aliphatic carbocycles. The van der Waals surface area contributed by atoms with E-state index in [9.17, 15) is 18.8 Å². The molecule has 0 radical (unpaired) electrons. The molecule has 2 N–H and O–H groups in total. The number of aromatic nitrogens is 1. The van der Waals surface area contributed by atoms with Crippen molar-refractivity contribution >= 4 is 24.2 Å². The van der Waals surface area contributed by atoms with E-state index in [1.165, 1.54) is 18.2 Å². The molecule has 166 valence electrons. The molecule has 1 heterocycles. The van der Waals surface area contributed by atoms with E-state index in [1.54, 1.807) is 30.4 Å². The fourth-order valence-electron chi connectivity index (χ4n) is 3.60. The molecule has 0 aliphatic heterocycles. The Morgan fingerprint density at radius 3 is 2.32 bits per heavy atom. The molecule has 1 aromatic heterocycles. The topological polar surface area (TPSA) is 71.7 Å². The molecule has 2 atom stereocenters. The number of carboxylic acids is 1. The zero-order chi connectivity index (χ0) is 23.1. The lowest BCUT2D eigenvalue weighted by atomic mass is 9.99. The molecule has 0 saturated heterocycles. The van der Waals surface area contributed by atoms with Crippen molar-refractivity contribution in [3.63, 3.8) is 0 Å². The second kappa shape index (κ2) is 10.8. The van der Waals surface area contributed by atoms with E-state index in [0.717, 1.165) is 28.1 Å². The summed E-state index contributed by atoms with van der Waals surface area (Å²) in [6.07, 6.45) is 3.34. The van der Waals surface area contributed by atoms with E-state index in [2.05, 4.69) is 18.1 Å². The smallest absolute Gasteiger partial charge is 0.306 e. The minimum atomic E-state index is -1.27. The molecular formula is C24H27F2NO4. The van der Waals surface area contributed by atoms with Gasteiger partial charge in [-0.15, -0.1) is 0 Å². The normalized spacial score (nSPS) is 13.5. The SMILES string of the molecule is C=Cc1c(-c2ccc(F)cc2)c(/C=C/[C@@H](O)C[C@H](CC(=O)O)OF)n(C(C)C)c1C=C. The van der Waals surface area contributed by atoms with Gasteiger partial charge in [-0.25, -0.2) is 4.39 Å². The van der Waals surface area contributed by atoms with Gasteiger partial charge in [-0.05, 0) is 48.2 Å². The number of benzene rings is 1. The summed E-state index contributed by atoms with van der Waals surface area (Å²) in [4.78, 5) is 14.5. The molecule has 1 aromatic carbocycles. The highest BCUT2D eigenvalue weighted by Crippen LogP contribution is 2.37. The summed E-state index contributed by atoms with van der Waals surface area (Å²) in [6, 6.07) is 6.05. The summed E-state index contributed by atoms with van der Waals surface area (Å²) >= 11 is 0. The summed E-state index contributed by atoms with van der Waals surface area (Å²) < 4.78 is 28.1. The number of hydrogen-bond acceptors (Lipinski definition) is 3. The van der Waals surface area contributed by atoms with Crippen LogP contribution in [0.3, 0.4) is 0 Å². The number of carboxylic acid groups (broad SMARTS) is 1. The molecule has 0 amide bonds. The van der Waals surface area contributed by atoms with Crippen LogP contribution in [0.1, 0.15) is 49.7 Å². The minimum absolute atomic E-state index is 0.0200. The van der Waals surface area contributed by atoms with Crippen LogP contribution >= 0.6 is 0 Å². The molecule has 0 saturated carbocycles. The molecule has 0 spiro atoms. The fourth-order valence-corrected chi connectivity index (χ4v) is 3.60. The fraction of sp³-hybridized carbons (Fsp3) is 0.292. The molecule has 31 heavy (non-hydrogen) atoms. The first-order chi connectivity index (χ1) is 14.7. The Morgan fingerprint density at radius 1 is 1.19 bits per heavy atom. The molecule has 2 rings (SSSR count). The van der Waals surface area contributed by atoms with Crippen molar-refractivity contribution in [2.24, 2.45) is 0 Å². The Morgan fingerprint density at radius 2 is 1.84 bits per heavy atom. The Hall–Kier alpha value is -3.03. The van der Waals surface area contributed by atoms with Crippen LogP contribution < -0.4 is 0 Å². The summed E-state index contributed by atoms with van der Waals surface area (Å²) in [6.45, 7) is 11.8. The van der Waals surface area contributed by atoms with E-state index in [1.807, 2.05) is 18.4 Å². The maximum absolute atomic E-state index is 13.5. The number of aliphatic hydroxyl groups excluding tert-OH is 1. The lowest BCUT2D eigenvalue weighted by Crippen LogP contribution is -2.20. The molecule has 2 aromatic rings. The third kappa shape index (κ3) is 5.77. The Balaban J connectivity index is 2.56. The number of rotatable bonds is 11. The van der Waals surface area contributed by atoms with Crippen LogP contribution in [0.25, 0.3) is 29.4 Å². The van der Waals surface area contributed by atoms with Crippen LogP contribution in [0.15, 0.2) is 43.5 Å². The standard InChI is InChI=1S/C24H27F2NO4/c1-5-20-21(6-2)27(15(3)4)22(24(20)16-7-9-17(25)10-8-16)12-11-18(28)13-19(31-26)14-23(29)30/h5-12,15,18-19,28H,1-2,13-14H2,3-4H3,(H,29,30)/b12-11+/t18-,19-/m1/s1. The maximum Gasteiger partial charge on any atom is 0.306 e. The van der Waals surface area contributed by atoms with Gasteiger partial charge in [0.15, 0.2) is 0 Å². The van der Waals surface area contributed by atoms with Gasteiger partial charge in [-0.2, -0.15) is 4.94 Å². The molecule has 7 heteroatoms. The van der Waals surface area contributed by atoms with Crippen LogP contribution in [0.5, 0.6) is 0 Å². The van der Waals surface area contributed by atoms with E-state index < -0.39 is 24.6 Å². The third-order valence-electron chi connectivity index (χ3n) is 4.88. The highest BCUT2D eigenvalue weighted by molar-refractivity contribution is 5.87. The second-order valence-corrected chi connectivity index (χ2v) is 7.41. The summed E-state index contributed by atoms with van der Waals surface area (Å²) in [7, 11) is 0. The van der Waals surface area contributed by atoms with Gasteiger partial charge < -0.3 is 14.8 Å². The number of carbonyl (C=O) groups is 1. The predicted octanol–water partition coefficient (Wildman–Crippen LogP) is 5.67. The highest BCUT2D eigenvalue weighted by Gasteiger charge is 2.22. The van der Waals surface area contributed by atoms with Crippen molar-refractivity contribution in [1.29, 1.82) is 0 Å². The van der Waals surface area contributed by atoms with Gasteiger partial charge in [-0.1, -0.05) is 37.4 Å². The van der Waals surface area contributed by atoms with Crippen molar-refractivity contribution in [1.82, 2.24) is 4.57 Å². The largest absolute Gasteiger partial charge is 0.481 e. The van der Waals surface area contributed by atoms with Crippen LogP contribution in [0, 0.1) is 5.82 Å². The highest BCUT2D eigenvalue weighted by atomic mass is 19.3. The Labute approximate surface area is 180 Å². The van der Waals surface area contributed by atoms with Gasteiger partial charge in [-0.3, -0.25) is 4.79 Å². The first kappa shape index (κ1) is 24.2. The summed E-state index contributed by atoms with van der Waals surface area (Å²) in [5.74, 6) is -1.59. The molecular weight excluding hydrogens is 404 g/mol. The predicted molar refractivity (Wildman–Crippen MR) is 118 cm³/mol. The van der Waals surface area contributed by atoms with Crippen LogP contribution in [-0.4, -0.2) is 33.0 Å². The van der Waals surface area contributed by atoms with Gasteiger partial charge in [0.1, 0.15) is 11.9 Å². The molecule has 0 fully saturated rings. The summed E-state index contributed by atoms with van der Waals surface area (Å²) in [5.41, 5.74) is 3.88. The monoisotopic (exact) mass is 431 g/mol. The second-order valence-electron chi connectivity index (χ2n) is 7.41. The van der Waals surface area contributed by atoms with Crippen molar-refractivity contribution in [3.05, 3.63) is 66.3 Å². The average Bonchev–Trinajstić information content (AvgIpc) is 3.05. The van der Waals surface area contributed by atoms with Crippen molar-refractivity contribution < 1.29 is 28.9 Å². The Bertz CT molecular complexity index is 961. The van der Waals surface area contributed by atoms with Gasteiger partial charge >= 0.3 is 5.97 Å². The molecule has 0 aliphatic rings. The summed E-state index contributed by atoms with van der Waals surface area (Å²) in [5, 5.41) is 19.1. The van der Waals surface area contributed by atoms with Crippen LogP contribution in [0.4, 0.5) is 8.92 Å².